The minimum atomic E-state index is -0.885. The van der Waals surface area contributed by atoms with Crippen LogP contribution >= 0.6 is 0 Å². The standard InChI is InChI=1S/C28H34N2O7/c1-3-35-25-19(7-5-13-29-25)26(34)30-14-11-28(12-15-30)16-20-23(36-17-28)18-6-4-8-21(31)24(18)37-27(20,2)10-9-22(32)33/h4-8,13,20,23,31H,3,9-12,14-17H2,1-2H3,(H,32,33)/t20-,23+,27+/m1/s1. The molecule has 3 aliphatic heterocycles. The average molecular weight is 511 g/mol. The molecule has 4 heterocycles. The molecule has 0 radical (unpaired) electrons. The first-order valence-electron chi connectivity index (χ1n) is 13.0. The molecule has 2 aromatic rings. The Balaban J connectivity index is 1.35. The number of nitrogens with zero attached hydrogens (tertiary/aromatic N) is 2. The number of hydrogen-bond donors (Lipinski definition) is 2. The normalized spacial score (nSPS) is 26.1. The number of amides is 1. The number of aromatic nitrogens is 1. The molecule has 9 nitrogen and oxygen atoms in total. The number of aromatic hydroxyl groups is 1. The van der Waals surface area contributed by atoms with Crippen molar-refractivity contribution in [3.63, 3.8) is 0 Å². The summed E-state index contributed by atoms with van der Waals surface area (Å²) in [4.78, 5) is 30.8. The van der Waals surface area contributed by atoms with Crippen LogP contribution in [0.2, 0.25) is 0 Å². The molecule has 3 aliphatic rings. The van der Waals surface area contributed by atoms with Crippen LogP contribution in [0.5, 0.6) is 17.4 Å². The van der Waals surface area contributed by atoms with Gasteiger partial charge < -0.3 is 29.3 Å². The Hall–Kier alpha value is -3.33. The number of carboxylic acids is 1. The van der Waals surface area contributed by atoms with Crippen LogP contribution in [0, 0.1) is 11.3 Å². The Morgan fingerprint density at radius 1 is 1.22 bits per heavy atom. The Labute approximate surface area is 216 Å². The third-order valence-electron chi connectivity index (χ3n) is 8.27. The molecule has 5 rings (SSSR count). The smallest absolute Gasteiger partial charge is 0.303 e. The summed E-state index contributed by atoms with van der Waals surface area (Å²) in [6, 6.07) is 8.76. The van der Waals surface area contributed by atoms with E-state index in [2.05, 4.69) is 4.98 Å². The van der Waals surface area contributed by atoms with E-state index in [1.54, 1.807) is 30.5 Å². The maximum absolute atomic E-state index is 13.3. The van der Waals surface area contributed by atoms with E-state index in [9.17, 15) is 19.8 Å². The molecule has 198 valence electrons. The van der Waals surface area contributed by atoms with Crippen molar-refractivity contribution < 1.29 is 34.0 Å². The first-order valence-corrected chi connectivity index (χ1v) is 13.0. The van der Waals surface area contributed by atoms with Crippen LogP contribution in [0.15, 0.2) is 36.5 Å². The Bertz CT molecular complexity index is 1180. The fraction of sp³-hybridized carbons (Fsp3) is 0.536. The molecule has 0 unspecified atom stereocenters. The van der Waals surface area contributed by atoms with Crippen LogP contribution in [0.3, 0.4) is 0 Å². The number of phenols is 1. The topological polar surface area (TPSA) is 118 Å². The van der Waals surface area contributed by atoms with Crippen LogP contribution in [0.4, 0.5) is 0 Å². The number of hydrogen-bond acceptors (Lipinski definition) is 7. The van der Waals surface area contributed by atoms with E-state index in [-0.39, 0.29) is 35.5 Å². The number of phenolic OH excluding ortho intramolecular Hbond substituents is 1. The van der Waals surface area contributed by atoms with Gasteiger partial charge in [0.2, 0.25) is 5.88 Å². The highest BCUT2D eigenvalue weighted by atomic mass is 16.5. The predicted molar refractivity (Wildman–Crippen MR) is 134 cm³/mol. The van der Waals surface area contributed by atoms with Gasteiger partial charge in [-0.15, -0.1) is 0 Å². The summed E-state index contributed by atoms with van der Waals surface area (Å²) in [6.07, 6.45) is 3.94. The summed E-state index contributed by atoms with van der Waals surface area (Å²) >= 11 is 0. The number of aliphatic carboxylic acids is 1. The molecule has 2 fully saturated rings. The minimum Gasteiger partial charge on any atom is -0.504 e. The fourth-order valence-corrected chi connectivity index (χ4v) is 6.14. The summed E-state index contributed by atoms with van der Waals surface area (Å²) in [7, 11) is 0. The highest BCUT2D eigenvalue weighted by molar-refractivity contribution is 5.96. The average Bonchev–Trinajstić information content (AvgIpc) is 2.89. The van der Waals surface area contributed by atoms with Crippen molar-refractivity contribution in [2.24, 2.45) is 11.3 Å². The maximum Gasteiger partial charge on any atom is 0.303 e. The van der Waals surface area contributed by atoms with Gasteiger partial charge in [-0.05, 0) is 63.1 Å². The first-order chi connectivity index (χ1) is 17.8. The van der Waals surface area contributed by atoms with Crippen molar-refractivity contribution in [2.75, 3.05) is 26.3 Å². The number of para-hydroxylation sites is 1. The number of benzene rings is 1. The van der Waals surface area contributed by atoms with Crippen molar-refractivity contribution in [2.45, 2.75) is 57.7 Å². The van der Waals surface area contributed by atoms with Gasteiger partial charge in [-0.3, -0.25) is 9.59 Å². The van der Waals surface area contributed by atoms with E-state index < -0.39 is 11.6 Å². The number of carbonyl (C=O) groups is 2. The molecule has 0 bridgehead atoms. The van der Waals surface area contributed by atoms with Gasteiger partial charge in [-0.25, -0.2) is 4.98 Å². The number of likely N-dealkylation sites (tertiary alicyclic amines) is 1. The lowest BCUT2D eigenvalue weighted by molar-refractivity contribution is -0.181. The summed E-state index contributed by atoms with van der Waals surface area (Å²) in [6.45, 7) is 5.94. The number of pyridine rings is 1. The Morgan fingerprint density at radius 2 is 2.00 bits per heavy atom. The number of carboxylic acid groups (broad SMARTS) is 1. The molecule has 1 spiro atoms. The van der Waals surface area contributed by atoms with Crippen molar-refractivity contribution in [3.05, 3.63) is 47.7 Å². The van der Waals surface area contributed by atoms with E-state index >= 15 is 0 Å². The molecule has 37 heavy (non-hydrogen) atoms. The van der Waals surface area contributed by atoms with E-state index in [1.165, 1.54) is 0 Å². The van der Waals surface area contributed by atoms with Crippen LogP contribution in [0.25, 0.3) is 0 Å². The molecule has 2 saturated heterocycles. The number of fused-ring (bicyclic) bond motifs is 3. The van der Waals surface area contributed by atoms with Crippen LogP contribution in [0.1, 0.15) is 68.0 Å². The number of rotatable bonds is 6. The van der Waals surface area contributed by atoms with Gasteiger partial charge in [0.1, 0.15) is 11.2 Å². The fourth-order valence-electron chi connectivity index (χ4n) is 6.14. The zero-order valence-corrected chi connectivity index (χ0v) is 21.3. The second-order valence-corrected chi connectivity index (χ2v) is 10.6. The Morgan fingerprint density at radius 3 is 2.73 bits per heavy atom. The van der Waals surface area contributed by atoms with Gasteiger partial charge in [-0.1, -0.05) is 12.1 Å². The second-order valence-electron chi connectivity index (χ2n) is 10.6. The van der Waals surface area contributed by atoms with E-state index in [0.717, 1.165) is 24.8 Å². The molecule has 2 N–H and O–H groups in total. The van der Waals surface area contributed by atoms with Crippen LogP contribution in [-0.2, 0) is 9.53 Å². The molecule has 0 aliphatic carbocycles. The van der Waals surface area contributed by atoms with Gasteiger partial charge in [0.15, 0.2) is 11.5 Å². The number of carbonyl (C=O) groups excluding carboxylic acids is 1. The third kappa shape index (κ3) is 4.72. The molecular weight excluding hydrogens is 476 g/mol. The lowest BCUT2D eigenvalue weighted by atomic mass is 9.63. The van der Waals surface area contributed by atoms with Gasteiger partial charge in [0.25, 0.3) is 5.91 Å². The third-order valence-corrected chi connectivity index (χ3v) is 8.27. The quantitative estimate of drug-likeness (QED) is 0.594. The largest absolute Gasteiger partial charge is 0.504 e. The molecule has 1 amide bonds. The second kappa shape index (κ2) is 9.85. The minimum absolute atomic E-state index is 0.0365. The van der Waals surface area contributed by atoms with Gasteiger partial charge in [0, 0.05) is 37.2 Å². The summed E-state index contributed by atoms with van der Waals surface area (Å²) in [5.41, 5.74) is 0.328. The van der Waals surface area contributed by atoms with Gasteiger partial charge in [0.05, 0.1) is 19.3 Å². The predicted octanol–water partition coefficient (Wildman–Crippen LogP) is 4.20. The lowest BCUT2D eigenvalue weighted by Crippen LogP contribution is -2.56. The zero-order chi connectivity index (χ0) is 26.2. The van der Waals surface area contributed by atoms with Crippen molar-refractivity contribution in [1.82, 2.24) is 9.88 Å². The van der Waals surface area contributed by atoms with Crippen LogP contribution < -0.4 is 9.47 Å². The first kappa shape index (κ1) is 25.3. The maximum atomic E-state index is 13.3. The van der Waals surface area contributed by atoms with Crippen molar-refractivity contribution in [1.29, 1.82) is 0 Å². The zero-order valence-electron chi connectivity index (χ0n) is 21.3. The summed E-state index contributed by atoms with van der Waals surface area (Å²) < 4.78 is 18.5. The van der Waals surface area contributed by atoms with Gasteiger partial charge >= 0.3 is 5.97 Å². The van der Waals surface area contributed by atoms with E-state index in [4.69, 9.17) is 14.2 Å². The van der Waals surface area contributed by atoms with Crippen molar-refractivity contribution in [3.8, 4) is 17.4 Å². The number of ether oxygens (including phenoxy) is 3. The Kier molecular flexibility index (Phi) is 6.74. The molecule has 3 atom stereocenters. The van der Waals surface area contributed by atoms with E-state index in [1.807, 2.05) is 24.8 Å². The van der Waals surface area contributed by atoms with E-state index in [0.29, 0.717) is 49.9 Å². The summed E-state index contributed by atoms with van der Waals surface area (Å²) in [5, 5.41) is 19.9. The molecule has 0 saturated carbocycles. The number of piperidine rings is 1. The summed E-state index contributed by atoms with van der Waals surface area (Å²) in [5.74, 6) is -0.276. The lowest BCUT2D eigenvalue weighted by Gasteiger charge is -2.55. The monoisotopic (exact) mass is 510 g/mol. The highest BCUT2D eigenvalue weighted by Crippen LogP contribution is 2.58. The van der Waals surface area contributed by atoms with Gasteiger partial charge in [-0.2, -0.15) is 0 Å². The van der Waals surface area contributed by atoms with Crippen molar-refractivity contribution >= 4 is 11.9 Å². The molecular formula is C28H34N2O7. The molecule has 1 aromatic heterocycles. The molecule has 1 aromatic carbocycles. The highest BCUT2D eigenvalue weighted by Gasteiger charge is 2.55. The molecule has 9 heteroatoms. The van der Waals surface area contributed by atoms with Crippen LogP contribution in [-0.4, -0.2) is 63.9 Å². The SMILES string of the molecule is CCOc1ncccc1C(=O)N1CCC2(CC1)CO[C@H]1c3cccc(O)c3O[C@@](C)(CCC(=O)O)[C@@H]1C2.